The Balaban J connectivity index is 1.35. The van der Waals surface area contributed by atoms with Gasteiger partial charge in [0, 0.05) is 43.5 Å². The molecule has 9 nitrogen and oxygen atoms in total. The number of carbonyl (C=O) groups excluding carboxylic acids is 2. The highest BCUT2D eigenvalue weighted by Crippen LogP contribution is 2.27. The number of benzene rings is 1. The highest BCUT2D eigenvalue weighted by Gasteiger charge is 2.32. The van der Waals surface area contributed by atoms with E-state index in [2.05, 4.69) is 19.9 Å². The van der Waals surface area contributed by atoms with Gasteiger partial charge in [0.25, 0.3) is 17.4 Å². The van der Waals surface area contributed by atoms with Crippen LogP contribution in [-0.2, 0) is 13.0 Å². The first-order valence-electron chi connectivity index (χ1n) is 10.7. The largest absolute Gasteiger partial charge is 0.337 e. The highest BCUT2D eigenvalue weighted by molar-refractivity contribution is 5.94. The fraction of sp³-hybridized carbons (Fsp3) is 0.304. The number of aromatic amines is 1. The molecule has 5 rings (SSSR count). The molecular weight excluding hydrogens is 427 g/mol. The maximum absolute atomic E-state index is 14.1. The van der Waals surface area contributed by atoms with Gasteiger partial charge in [-0.3, -0.25) is 19.4 Å². The Hall–Kier alpha value is -3.95. The van der Waals surface area contributed by atoms with Gasteiger partial charge in [-0.05, 0) is 25.0 Å². The summed E-state index contributed by atoms with van der Waals surface area (Å²) in [5.41, 5.74) is 1.10. The van der Waals surface area contributed by atoms with Gasteiger partial charge in [0.15, 0.2) is 0 Å². The number of likely N-dealkylation sites (tertiary alicyclic amines) is 1. The van der Waals surface area contributed by atoms with Gasteiger partial charge in [-0.25, -0.2) is 14.4 Å². The van der Waals surface area contributed by atoms with Crippen LogP contribution < -0.4 is 5.56 Å². The van der Waals surface area contributed by atoms with Crippen molar-refractivity contribution >= 4 is 11.8 Å². The molecule has 2 aliphatic heterocycles. The molecule has 2 amide bonds. The Labute approximate surface area is 188 Å². The highest BCUT2D eigenvalue weighted by atomic mass is 19.1. The summed E-state index contributed by atoms with van der Waals surface area (Å²) in [6.45, 7) is 1.36. The van der Waals surface area contributed by atoms with E-state index < -0.39 is 11.7 Å². The first-order chi connectivity index (χ1) is 16.0. The number of nitrogens with zero attached hydrogens (tertiary/aromatic N) is 5. The van der Waals surface area contributed by atoms with Crippen molar-refractivity contribution in [3.8, 4) is 0 Å². The van der Waals surface area contributed by atoms with Gasteiger partial charge in [0.05, 0.1) is 24.0 Å². The third-order valence-corrected chi connectivity index (χ3v) is 6.13. The summed E-state index contributed by atoms with van der Waals surface area (Å²) in [5.74, 6) is -0.863. The molecule has 1 atom stereocenters. The quantitative estimate of drug-likeness (QED) is 0.650. The number of hydrogen-bond acceptors (Lipinski definition) is 6. The van der Waals surface area contributed by atoms with E-state index in [1.54, 1.807) is 11.0 Å². The summed E-state index contributed by atoms with van der Waals surface area (Å²) in [7, 11) is 0. The molecule has 1 aromatic carbocycles. The van der Waals surface area contributed by atoms with Crippen LogP contribution in [0.4, 0.5) is 4.39 Å². The van der Waals surface area contributed by atoms with E-state index >= 15 is 0 Å². The molecule has 168 valence electrons. The van der Waals surface area contributed by atoms with Gasteiger partial charge in [-0.2, -0.15) is 0 Å². The first-order valence-corrected chi connectivity index (χ1v) is 10.7. The van der Waals surface area contributed by atoms with Crippen LogP contribution >= 0.6 is 0 Å². The van der Waals surface area contributed by atoms with Crippen molar-refractivity contribution in [3.63, 3.8) is 0 Å². The molecule has 0 aliphatic carbocycles. The Kier molecular flexibility index (Phi) is 5.41. The zero-order chi connectivity index (χ0) is 22.9. The Morgan fingerprint density at radius 2 is 1.94 bits per heavy atom. The average molecular weight is 448 g/mol. The van der Waals surface area contributed by atoms with E-state index in [0.29, 0.717) is 49.6 Å². The number of H-pyrrole nitrogens is 1. The third kappa shape index (κ3) is 3.99. The van der Waals surface area contributed by atoms with Crippen molar-refractivity contribution < 1.29 is 14.0 Å². The molecule has 0 radical (unpaired) electrons. The van der Waals surface area contributed by atoms with Crippen LogP contribution in [0, 0.1) is 5.82 Å². The summed E-state index contributed by atoms with van der Waals surface area (Å²) in [6, 6.07) is 5.85. The molecule has 2 aromatic heterocycles. The standard InChI is InChI=1S/C23H21FN6O3/c24-17-4-2-1-3-15(17)22(32)30-10-6-16-19(13-30)27-20(28-21(16)31)14-5-9-29(12-14)23(33)18-11-25-7-8-26-18/h1-4,7-8,11,14H,5-6,9-10,12-13H2,(H,27,28,31)/t14-/m0/s1. The Morgan fingerprint density at radius 1 is 1.09 bits per heavy atom. The summed E-state index contributed by atoms with van der Waals surface area (Å²) in [4.78, 5) is 56.9. The molecule has 10 heteroatoms. The predicted octanol–water partition coefficient (Wildman–Crippen LogP) is 1.53. The van der Waals surface area contributed by atoms with Crippen molar-refractivity contribution in [1.29, 1.82) is 0 Å². The second-order valence-corrected chi connectivity index (χ2v) is 8.16. The van der Waals surface area contributed by atoms with Crippen molar-refractivity contribution in [2.75, 3.05) is 19.6 Å². The predicted molar refractivity (Wildman–Crippen MR) is 115 cm³/mol. The van der Waals surface area contributed by atoms with Gasteiger partial charge in [0.2, 0.25) is 0 Å². The van der Waals surface area contributed by atoms with E-state index in [0.717, 1.165) is 0 Å². The molecule has 0 bridgehead atoms. The van der Waals surface area contributed by atoms with Gasteiger partial charge in [-0.15, -0.1) is 0 Å². The number of aromatic nitrogens is 4. The summed E-state index contributed by atoms with van der Waals surface area (Å²) in [6.07, 6.45) is 5.39. The molecule has 3 aromatic rings. The average Bonchev–Trinajstić information content (AvgIpc) is 3.34. The minimum atomic E-state index is -0.577. The molecule has 4 heterocycles. The van der Waals surface area contributed by atoms with Gasteiger partial charge in [0.1, 0.15) is 17.3 Å². The molecule has 1 saturated heterocycles. The van der Waals surface area contributed by atoms with E-state index in [-0.39, 0.29) is 35.2 Å². The lowest BCUT2D eigenvalue weighted by Gasteiger charge is -2.28. The maximum Gasteiger partial charge on any atom is 0.274 e. The van der Waals surface area contributed by atoms with Crippen LogP contribution in [0.15, 0.2) is 47.7 Å². The van der Waals surface area contributed by atoms with E-state index in [1.165, 1.54) is 41.7 Å². The molecule has 0 saturated carbocycles. The lowest BCUT2D eigenvalue weighted by Crippen LogP contribution is -2.40. The first kappa shape index (κ1) is 20.9. The summed E-state index contributed by atoms with van der Waals surface area (Å²) < 4.78 is 14.1. The normalized spacial score (nSPS) is 17.7. The molecule has 1 N–H and O–H groups in total. The zero-order valence-corrected chi connectivity index (χ0v) is 17.7. The molecule has 0 spiro atoms. The molecular formula is C23H21FN6O3. The number of amides is 2. The molecule has 2 aliphatic rings. The number of rotatable bonds is 3. The topological polar surface area (TPSA) is 112 Å². The smallest absolute Gasteiger partial charge is 0.274 e. The van der Waals surface area contributed by atoms with Crippen LogP contribution in [-0.4, -0.2) is 61.2 Å². The lowest BCUT2D eigenvalue weighted by atomic mass is 10.0. The molecule has 0 unspecified atom stereocenters. The van der Waals surface area contributed by atoms with Crippen molar-refractivity contribution in [2.24, 2.45) is 0 Å². The van der Waals surface area contributed by atoms with Gasteiger partial charge in [-0.1, -0.05) is 12.1 Å². The van der Waals surface area contributed by atoms with E-state index in [1.807, 2.05) is 0 Å². The van der Waals surface area contributed by atoms with Gasteiger partial charge >= 0.3 is 0 Å². The minimum Gasteiger partial charge on any atom is -0.337 e. The SMILES string of the molecule is O=C(c1cnccn1)N1CC[C@H](c2nc3c(c(=O)[nH]2)CCN(C(=O)c2ccccc2F)C3)C1. The number of halogens is 1. The fourth-order valence-corrected chi connectivity index (χ4v) is 4.37. The van der Waals surface area contributed by atoms with Crippen LogP contribution in [0.25, 0.3) is 0 Å². The van der Waals surface area contributed by atoms with Crippen LogP contribution in [0.3, 0.4) is 0 Å². The van der Waals surface area contributed by atoms with E-state index in [4.69, 9.17) is 0 Å². The van der Waals surface area contributed by atoms with Crippen LogP contribution in [0.5, 0.6) is 0 Å². The van der Waals surface area contributed by atoms with Crippen molar-refractivity contribution in [2.45, 2.75) is 25.3 Å². The fourth-order valence-electron chi connectivity index (χ4n) is 4.37. The summed E-state index contributed by atoms with van der Waals surface area (Å²) >= 11 is 0. The molecule has 33 heavy (non-hydrogen) atoms. The number of nitrogens with one attached hydrogen (secondary N) is 1. The van der Waals surface area contributed by atoms with Gasteiger partial charge < -0.3 is 14.8 Å². The zero-order valence-electron chi connectivity index (χ0n) is 17.7. The summed E-state index contributed by atoms with van der Waals surface area (Å²) in [5, 5.41) is 0. The Bertz CT molecular complexity index is 1280. The van der Waals surface area contributed by atoms with Crippen LogP contribution in [0.1, 0.15) is 50.3 Å². The maximum atomic E-state index is 14.1. The van der Waals surface area contributed by atoms with Crippen molar-refractivity contribution in [1.82, 2.24) is 29.7 Å². The second kappa shape index (κ2) is 8.53. The number of fused-ring (bicyclic) bond motifs is 1. The monoisotopic (exact) mass is 448 g/mol. The third-order valence-electron chi connectivity index (χ3n) is 6.13. The van der Waals surface area contributed by atoms with Crippen LogP contribution in [0.2, 0.25) is 0 Å². The second-order valence-electron chi connectivity index (χ2n) is 8.16. The van der Waals surface area contributed by atoms with E-state index in [9.17, 15) is 18.8 Å². The minimum absolute atomic E-state index is 0.0000256. The number of carbonyl (C=O) groups is 2. The number of hydrogen-bond donors (Lipinski definition) is 1. The Morgan fingerprint density at radius 3 is 2.73 bits per heavy atom. The van der Waals surface area contributed by atoms with Crippen molar-refractivity contribution in [3.05, 3.63) is 87.4 Å². The lowest BCUT2D eigenvalue weighted by molar-refractivity contribution is 0.0724. The molecule has 1 fully saturated rings.